The van der Waals surface area contributed by atoms with Crippen molar-refractivity contribution in [3.63, 3.8) is 0 Å². The number of ether oxygens (including phenoxy) is 1. The van der Waals surface area contributed by atoms with Crippen LogP contribution in [-0.2, 0) is 26.1 Å². The monoisotopic (exact) mass is 389 g/mol. The SMILES string of the molecule is O=C(CC1COCCN1)NCc1ccccc1NS(=O)(=O)c1ccccc1. The van der Waals surface area contributed by atoms with Gasteiger partial charge in [-0.25, -0.2) is 8.42 Å². The molecule has 0 spiro atoms. The molecule has 1 heterocycles. The normalized spacial score (nSPS) is 17.3. The number of hydrogen-bond acceptors (Lipinski definition) is 5. The number of benzene rings is 2. The number of hydrogen-bond donors (Lipinski definition) is 3. The van der Waals surface area contributed by atoms with Crippen molar-refractivity contribution in [2.45, 2.75) is 23.9 Å². The maximum Gasteiger partial charge on any atom is 0.261 e. The van der Waals surface area contributed by atoms with Gasteiger partial charge < -0.3 is 15.4 Å². The van der Waals surface area contributed by atoms with E-state index in [9.17, 15) is 13.2 Å². The van der Waals surface area contributed by atoms with E-state index in [0.717, 1.165) is 6.54 Å². The Morgan fingerprint density at radius 1 is 1.11 bits per heavy atom. The molecule has 0 aliphatic carbocycles. The van der Waals surface area contributed by atoms with Gasteiger partial charge in [0.15, 0.2) is 0 Å². The molecule has 1 unspecified atom stereocenters. The first kappa shape index (κ1) is 19.3. The quantitative estimate of drug-likeness (QED) is 0.667. The highest BCUT2D eigenvalue weighted by molar-refractivity contribution is 7.92. The van der Waals surface area contributed by atoms with Crippen molar-refractivity contribution in [3.05, 3.63) is 60.2 Å². The van der Waals surface area contributed by atoms with Crippen molar-refractivity contribution >= 4 is 21.6 Å². The molecule has 1 aliphatic heterocycles. The Bertz CT molecular complexity index is 866. The van der Waals surface area contributed by atoms with Crippen LogP contribution in [0.15, 0.2) is 59.5 Å². The van der Waals surface area contributed by atoms with Crippen LogP contribution in [0.3, 0.4) is 0 Å². The minimum absolute atomic E-state index is 0.00516. The number of anilines is 1. The van der Waals surface area contributed by atoms with E-state index in [1.165, 1.54) is 12.1 Å². The average molecular weight is 389 g/mol. The van der Waals surface area contributed by atoms with Crippen LogP contribution in [0.25, 0.3) is 0 Å². The molecule has 2 aromatic carbocycles. The van der Waals surface area contributed by atoms with Crippen molar-refractivity contribution in [3.8, 4) is 0 Å². The van der Waals surface area contributed by atoms with Crippen molar-refractivity contribution in [1.82, 2.24) is 10.6 Å². The summed E-state index contributed by atoms with van der Waals surface area (Å²) >= 11 is 0. The van der Waals surface area contributed by atoms with Crippen LogP contribution in [-0.4, -0.2) is 40.1 Å². The molecule has 3 rings (SSSR count). The van der Waals surface area contributed by atoms with Crippen LogP contribution in [0.4, 0.5) is 5.69 Å². The summed E-state index contributed by atoms with van der Waals surface area (Å²) in [6, 6.07) is 15.2. The maximum atomic E-state index is 12.5. The summed E-state index contributed by atoms with van der Waals surface area (Å²) in [7, 11) is -3.69. The van der Waals surface area contributed by atoms with E-state index in [1.807, 2.05) is 0 Å². The number of morpholine rings is 1. The molecular weight excluding hydrogens is 366 g/mol. The standard InChI is InChI=1S/C19H23N3O4S/c23-19(12-16-14-26-11-10-20-16)21-13-15-6-4-5-9-18(15)22-27(24,25)17-7-2-1-3-8-17/h1-9,16,20,22H,10-14H2,(H,21,23). The van der Waals surface area contributed by atoms with Crippen LogP contribution >= 0.6 is 0 Å². The first-order valence-electron chi connectivity index (χ1n) is 8.78. The van der Waals surface area contributed by atoms with Crippen LogP contribution in [0, 0.1) is 0 Å². The third kappa shape index (κ3) is 5.53. The zero-order chi connectivity index (χ0) is 19.1. The molecule has 3 N–H and O–H groups in total. The van der Waals surface area contributed by atoms with Crippen molar-refractivity contribution in [1.29, 1.82) is 0 Å². The fourth-order valence-corrected chi connectivity index (χ4v) is 3.94. The van der Waals surface area contributed by atoms with Gasteiger partial charge in [-0.05, 0) is 23.8 Å². The molecule has 1 amide bonds. The fourth-order valence-electron chi connectivity index (χ4n) is 2.82. The number of carbonyl (C=O) groups excluding carboxylic acids is 1. The number of carbonyl (C=O) groups is 1. The van der Waals surface area contributed by atoms with E-state index < -0.39 is 10.0 Å². The third-order valence-corrected chi connectivity index (χ3v) is 5.60. The molecule has 7 nitrogen and oxygen atoms in total. The largest absolute Gasteiger partial charge is 0.378 e. The topological polar surface area (TPSA) is 96.5 Å². The first-order chi connectivity index (χ1) is 13.0. The lowest BCUT2D eigenvalue weighted by Gasteiger charge is -2.23. The summed E-state index contributed by atoms with van der Waals surface area (Å²) in [5.74, 6) is -0.112. The van der Waals surface area contributed by atoms with Crippen LogP contribution in [0.1, 0.15) is 12.0 Å². The minimum atomic E-state index is -3.69. The maximum absolute atomic E-state index is 12.5. The predicted molar refractivity (Wildman–Crippen MR) is 103 cm³/mol. The Morgan fingerprint density at radius 3 is 2.59 bits per heavy atom. The van der Waals surface area contributed by atoms with Gasteiger partial charge in [-0.1, -0.05) is 36.4 Å². The lowest BCUT2D eigenvalue weighted by Crippen LogP contribution is -2.44. The number of para-hydroxylation sites is 1. The summed E-state index contributed by atoms with van der Waals surface area (Å²) < 4.78 is 33.0. The molecule has 0 aromatic heterocycles. The molecule has 8 heteroatoms. The van der Waals surface area contributed by atoms with Gasteiger partial charge in [0.05, 0.1) is 23.8 Å². The molecule has 144 valence electrons. The lowest BCUT2D eigenvalue weighted by molar-refractivity contribution is -0.122. The summed E-state index contributed by atoms with van der Waals surface area (Å²) in [4.78, 5) is 12.3. The van der Waals surface area contributed by atoms with E-state index in [2.05, 4.69) is 15.4 Å². The van der Waals surface area contributed by atoms with E-state index in [0.29, 0.717) is 30.9 Å². The minimum Gasteiger partial charge on any atom is -0.378 e. The van der Waals surface area contributed by atoms with E-state index in [1.54, 1.807) is 42.5 Å². The molecule has 2 aromatic rings. The molecule has 0 bridgehead atoms. The fraction of sp³-hybridized carbons (Fsp3) is 0.316. The molecule has 1 atom stereocenters. The van der Waals surface area contributed by atoms with Gasteiger partial charge in [0.25, 0.3) is 10.0 Å². The predicted octanol–water partition coefficient (Wildman–Crippen LogP) is 1.48. The molecule has 1 fully saturated rings. The third-order valence-electron chi connectivity index (χ3n) is 4.22. The second-order valence-electron chi connectivity index (χ2n) is 6.28. The first-order valence-corrected chi connectivity index (χ1v) is 10.3. The van der Waals surface area contributed by atoms with Crippen molar-refractivity contribution < 1.29 is 17.9 Å². The van der Waals surface area contributed by atoms with Crippen LogP contribution < -0.4 is 15.4 Å². The highest BCUT2D eigenvalue weighted by atomic mass is 32.2. The molecular formula is C19H23N3O4S. The van der Waals surface area contributed by atoms with Gasteiger partial charge >= 0.3 is 0 Å². The Labute approximate surface area is 159 Å². The lowest BCUT2D eigenvalue weighted by atomic mass is 10.1. The number of amides is 1. The highest BCUT2D eigenvalue weighted by Crippen LogP contribution is 2.20. The van der Waals surface area contributed by atoms with Gasteiger partial charge in [-0.15, -0.1) is 0 Å². The van der Waals surface area contributed by atoms with E-state index in [4.69, 9.17) is 4.74 Å². The van der Waals surface area contributed by atoms with E-state index >= 15 is 0 Å². The van der Waals surface area contributed by atoms with Crippen molar-refractivity contribution in [2.24, 2.45) is 0 Å². The zero-order valence-corrected chi connectivity index (χ0v) is 15.7. The number of rotatable bonds is 7. The summed E-state index contributed by atoms with van der Waals surface area (Å²) in [5, 5.41) is 6.07. The van der Waals surface area contributed by atoms with Crippen LogP contribution in [0.5, 0.6) is 0 Å². The Balaban J connectivity index is 1.63. The average Bonchev–Trinajstić information content (AvgIpc) is 2.68. The van der Waals surface area contributed by atoms with E-state index in [-0.39, 0.29) is 23.4 Å². The number of nitrogens with one attached hydrogen (secondary N) is 3. The Kier molecular flexibility index (Phi) is 6.44. The molecule has 27 heavy (non-hydrogen) atoms. The van der Waals surface area contributed by atoms with Gasteiger partial charge in [0.1, 0.15) is 0 Å². The molecule has 1 saturated heterocycles. The van der Waals surface area contributed by atoms with Gasteiger partial charge in [0.2, 0.25) is 5.91 Å². The van der Waals surface area contributed by atoms with Gasteiger partial charge in [-0.3, -0.25) is 9.52 Å². The Hall–Kier alpha value is -2.42. The van der Waals surface area contributed by atoms with Gasteiger partial charge in [0, 0.05) is 25.6 Å². The summed E-state index contributed by atoms with van der Waals surface area (Å²) in [6.45, 7) is 2.15. The zero-order valence-electron chi connectivity index (χ0n) is 14.9. The smallest absolute Gasteiger partial charge is 0.261 e. The second-order valence-corrected chi connectivity index (χ2v) is 7.96. The second kappa shape index (κ2) is 8.98. The Morgan fingerprint density at radius 2 is 1.85 bits per heavy atom. The van der Waals surface area contributed by atoms with Crippen molar-refractivity contribution in [2.75, 3.05) is 24.5 Å². The summed E-state index contributed by atoms with van der Waals surface area (Å²) in [6.07, 6.45) is 0.317. The van der Waals surface area contributed by atoms with Gasteiger partial charge in [-0.2, -0.15) is 0 Å². The summed E-state index contributed by atoms with van der Waals surface area (Å²) in [5.41, 5.74) is 1.14. The number of sulfonamides is 1. The van der Waals surface area contributed by atoms with Crippen LogP contribution in [0.2, 0.25) is 0 Å². The molecule has 0 saturated carbocycles. The molecule has 1 aliphatic rings. The highest BCUT2D eigenvalue weighted by Gasteiger charge is 2.18. The molecule has 0 radical (unpaired) electrons.